The van der Waals surface area contributed by atoms with Gasteiger partial charge in [0.05, 0.1) is 11.3 Å². The lowest BCUT2D eigenvalue weighted by Gasteiger charge is -2.09. The van der Waals surface area contributed by atoms with Crippen LogP contribution in [0.15, 0.2) is 18.2 Å². The molecule has 20 heavy (non-hydrogen) atoms. The van der Waals surface area contributed by atoms with Crippen molar-refractivity contribution in [1.29, 1.82) is 5.26 Å². The molecular formula is C14H15FN4O. The number of hydrogen-bond donors (Lipinski definition) is 1. The number of halogens is 1. The zero-order chi connectivity index (χ0) is 14.7. The third kappa shape index (κ3) is 2.57. The third-order valence-corrected chi connectivity index (χ3v) is 2.84. The van der Waals surface area contributed by atoms with Gasteiger partial charge in [-0.3, -0.25) is 0 Å². The summed E-state index contributed by atoms with van der Waals surface area (Å²) in [5.74, 6) is 0.0563. The molecule has 2 rings (SSSR count). The largest absolute Gasteiger partial charge is 0.437 e. The van der Waals surface area contributed by atoms with E-state index >= 15 is 0 Å². The summed E-state index contributed by atoms with van der Waals surface area (Å²) < 4.78 is 20.8. The Morgan fingerprint density at radius 3 is 2.85 bits per heavy atom. The van der Waals surface area contributed by atoms with E-state index < -0.39 is 5.82 Å². The van der Waals surface area contributed by atoms with Crippen LogP contribution in [0.4, 0.5) is 10.1 Å². The molecule has 0 spiro atoms. The maximum Gasteiger partial charge on any atom is 0.241 e. The Morgan fingerprint density at radius 2 is 2.25 bits per heavy atom. The maximum absolute atomic E-state index is 13.6. The van der Waals surface area contributed by atoms with Gasteiger partial charge in [0, 0.05) is 12.6 Å². The lowest BCUT2D eigenvalue weighted by atomic mass is 10.2. The highest BCUT2D eigenvalue weighted by molar-refractivity contribution is 5.54. The van der Waals surface area contributed by atoms with E-state index in [4.69, 9.17) is 15.7 Å². The molecule has 0 fully saturated rings. The third-order valence-electron chi connectivity index (χ3n) is 2.84. The Bertz CT molecular complexity index is 673. The van der Waals surface area contributed by atoms with Gasteiger partial charge in [-0.05, 0) is 25.5 Å². The monoisotopic (exact) mass is 274 g/mol. The molecule has 0 saturated carbocycles. The molecule has 6 heteroatoms. The van der Waals surface area contributed by atoms with Crippen molar-refractivity contribution >= 4 is 5.69 Å². The molecule has 5 nitrogen and oxygen atoms in total. The summed E-state index contributed by atoms with van der Waals surface area (Å²) in [6, 6.07) is 5.82. The van der Waals surface area contributed by atoms with E-state index in [2.05, 4.69) is 5.10 Å². The summed E-state index contributed by atoms with van der Waals surface area (Å²) in [5.41, 5.74) is 7.00. The summed E-state index contributed by atoms with van der Waals surface area (Å²) in [7, 11) is 0. The van der Waals surface area contributed by atoms with Crippen molar-refractivity contribution in [2.75, 3.05) is 5.73 Å². The predicted octanol–water partition coefficient (Wildman–Crippen LogP) is 2.99. The first kappa shape index (κ1) is 13.9. The van der Waals surface area contributed by atoms with Crippen LogP contribution in [0, 0.1) is 24.1 Å². The number of rotatable bonds is 4. The molecule has 0 aliphatic rings. The van der Waals surface area contributed by atoms with E-state index in [-0.39, 0.29) is 11.3 Å². The number of nitrogen functional groups attached to an aromatic ring is 1. The zero-order valence-electron chi connectivity index (χ0n) is 11.4. The Kier molecular flexibility index (Phi) is 3.89. The topological polar surface area (TPSA) is 76.9 Å². The number of aromatic nitrogens is 2. The molecule has 0 radical (unpaired) electrons. The van der Waals surface area contributed by atoms with Gasteiger partial charge in [0.2, 0.25) is 5.88 Å². The summed E-state index contributed by atoms with van der Waals surface area (Å²) in [5, 5.41) is 13.0. The first-order valence-electron chi connectivity index (χ1n) is 6.27. The van der Waals surface area contributed by atoms with Gasteiger partial charge in [-0.2, -0.15) is 10.4 Å². The number of benzene rings is 1. The molecule has 1 aromatic heterocycles. The van der Waals surface area contributed by atoms with Crippen molar-refractivity contribution in [1.82, 2.24) is 9.78 Å². The minimum atomic E-state index is -0.623. The van der Waals surface area contributed by atoms with Gasteiger partial charge in [0.25, 0.3) is 0 Å². The van der Waals surface area contributed by atoms with Crippen LogP contribution in [0.2, 0.25) is 0 Å². The van der Waals surface area contributed by atoms with Gasteiger partial charge >= 0.3 is 0 Å². The van der Waals surface area contributed by atoms with Gasteiger partial charge in [-0.1, -0.05) is 6.92 Å². The highest BCUT2D eigenvalue weighted by Gasteiger charge is 2.15. The number of aryl methyl sites for hydroxylation is 2. The van der Waals surface area contributed by atoms with Crippen molar-refractivity contribution in [3.63, 3.8) is 0 Å². The second-order valence-corrected chi connectivity index (χ2v) is 4.38. The minimum Gasteiger partial charge on any atom is -0.437 e. The summed E-state index contributed by atoms with van der Waals surface area (Å²) in [6.07, 6.45) is 0.874. The summed E-state index contributed by atoms with van der Waals surface area (Å²) in [4.78, 5) is 0. The van der Waals surface area contributed by atoms with Crippen LogP contribution in [-0.2, 0) is 6.54 Å². The number of nitriles is 1. The Morgan fingerprint density at radius 1 is 1.50 bits per heavy atom. The lowest BCUT2D eigenvalue weighted by Crippen LogP contribution is -2.03. The van der Waals surface area contributed by atoms with Gasteiger partial charge in [-0.15, -0.1) is 0 Å². The second kappa shape index (κ2) is 5.61. The number of nitrogens with zero attached hydrogens (tertiary/aromatic N) is 3. The Hall–Kier alpha value is -2.55. The van der Waals surface area contributed by atoms with Crippen LogP contribution in [0.1, 0.15) is 24.6 Å². The number of hydrogen-bond acceptors (Lipinski definition) is 4. The number of nitrogens with two attached hydrogens (primary N) is 1. The molecule has 2 N–H and O–H groups in total. The molecule has 1 heterocycles. The molecule has 2 aromatic rings. The molecule has 0 aliphatic carbocycles. The van der Waals surface area contributed by atoms with Crippen molar-refractivity contribution in [2.24, 2.45) is 0 Å². The Balaban J connectivity index is 2.35. The average molecular weight is 274 g/mol. The standard InChI is InChI=1S/C14H15FN4O/c1-3-6-19-14(13(17)9(2)18-19)20-11-5-4-10(8-16)12(15)7-11/h4-5,7H,3,6,17H2,1-2H3. The van der Waals surface area contributed by atoms with E-state index in [9.17, 15) is 4.39 Å². The maximum atomic E-state index is 13.6. The second-order valence-electron chi connectivity index (χ2n) is 4.38. The van der Waals surface area contributed by atoms with E-state index in [1.54, 1.807) is 17.7 Å². The first-order chi connectivity index (χ1) is 9.56. The highest BCUT2D eigenvalue weighted by atomic mass is 19.1. The van der Waals surface area contributed by atoms with Gasteiger partial charge in [-0.25, -0.2) is 9.07 Å². The van der Waals surface area contributed by atoms with E-state index in [0.29, 0.717) is 23.8 Å². The highest BCUT2D eigenvalue weighted by Crippen LogP contribution is 2.30. The lowest BCUT2D eigenvalue weighted by molar-refractivity contribution is 0.408. The fourth-order valence-electron chi connectivity index (χ4n) is 1.81. The van der Waals surface area contributed by atoms with Crippen LogP contribution < -0.4 is 10.5 Å². The van der Waals surface area contributed by atoms with Crippen molar-refractivity contribution in [2.45, 2.75) is 26.8 Å². The van der Waals surface area contributed by atoms with Crippen molar-refractivity contribution in [3.05, 3.63) is 35.3 Å². The summed E-state index contributed by atoms with van der Waals surface area (Å²) in [6.45, 7) is 4.46. The Labute approximate surface area is 116 Å². The number of ether oxygens (including phenoxy) is 1. The minimum absolute atomic E-state index is 0.0245. The molecule has 0 atom stereocenters. The smallest absolute Gasteiger partial charge is 0.241 e. The van der Waals surface area contributed by atoms with Crippen LogP contribution >= 0.6 is 0 Å². The fourth-order valence-corrected chi connectivity index (χ4v) is 1.81. The number of anilines is 1. The van der Waals surface area contributed by atoms with Crippen molar-refractivity contribution < 1.29 is 9.13 Å². The first-order valence-corrected chi connectivity index (χ1v) is 6.27. The van der Waals surface area contributed by atoms with Gasteiger partial charge in [0.15, 0.2) is 0 Å². The van der Waals surface area contributed by atoms with Gasteiger partial charge in [0.1, 0.15) is 23.3 Å². The normalized spacial score (nSPS) is 10.3. The average Bonchev–Trinajstić information content (AvgIpc) is 2.67. The van der Waals surface area contributed by atoms with Gasteiger partial charge < -0.3 is 10.5 Å². The zero-order valence-corrected chi connectivity index (χ0v) is 11.4. The quantitative estimate of drug-likeness (QED) is 0.929. The van der Waals surface area contributed by atoms with E-state index in [1.807, 2.05) is 6.92 Å². The molecule has 0 unspecified atom stereocenters. The van der Waals surface area contributed by atoms with Crippen molar-refractivity contribution in [3.8, 4) is 17.7 Å². The van der Waals surface area contributed by atoms with Crippen LogP contribution in [-0.4, -0.2) is 9.78 Å². The SMILES string of the molecule is CCCn1nc(C)c(N)c1Oc1ccc(C#N)c(F)c1. The predicted molar refractivity (Wildman–Crippen MR) is 72.9 cm³/mol. The van der Waals surface area contributed by atoms with E-state index in [1.165, 1.54) is 12.1 Å². The molecule has 0 bridgehead atoms. The van der Waals surface area contributed by atoms with Crippen LogP contribution in [0.5, 0.6) is 11.6 Å². The van der Waals surface area contributed by atoms with Crippen LogP contribution in [0.25, 0.3) is 0 Å². The van der Waals surface area contributed by atoms with E-state index in [0.717, 1.165) is 12.5 Å². The molecular weight excluding hydrogens is 259 g/mol. The molecule has 0 aliphatic heterocycles. The molecule has 1 aromatic carbocycles. The molecule has 0 amide bonds. The fraction of sp³-hybridized carbons (Fsp3) is 0.286. The summed E-state index contributed by atoms with van der Waals surface area (Å²) >= 11 is 0. The van der Waals surface area contributed by atoms with Crippen LogP contribution in [0.3, 0.4) is 0 Å². The molecule has 0 saturated heterocycles. The molecule has 104 valence electrons.